The quantitative estimate of drug-likeness (QED) is 0.760. The Kier molecular flexibility index (Phi) is 4.98. The van der Waals surface area contributed by atoms with E-state index in [0.29, 0.717) is 12.0 Å². The number of aliphatic hydroxyl groups excluding tert-OH is 1. The number of phenolic OH excluding ortho intramolecular Hbond substituents is 1. The third kappa shape index (κ3) is 3.89. The highest BCUT2D eigenvalue weighted by atomic mass is 16.3. The Balaban J connectivity index is 2.14. The van der Waals surface area contributed by atoms with E-state index in [4.69, 9.17) is 0 Å². The van der Waals surface area contributed by atoms with Gasteiger partial charge in [-0.25, -0.2) is 0 Å². The van der Waals surface area contributed by atoms with Crippen LogP contribution in [0.2, 0.25) is 0 Å². The van der Waals surface area contributed by atoms with Crippen molar-refractivity contribution >= 4 is 17.3 Å². The average molecular weight is 384 g/mol. The third-order valence-electron chi connectivity index (χ3n) is 5.79. The van der Waals surface area contributed by atoms with Gasteiger partial charge in [0.25, 0.3) is 0 Å². The van der Waals surface area contributed by atoms with Crippen LogP contribution in [0.25, 0.3) is 0 Å². The molecule has 1 saturated carbocycles. The maximum Gasteiger partial charge on any atom is 0.163 e. The lowest BCUT2D eigenvalue weighted by atomic mass is 9.62. The molecule has 0 heterocycles. The van der Waals surface area contributed by atoms with Crippen LogP contribution in [0.1, 0.15) is 64.9 Å². The molecule has 2 aliphatic rings. The number of benzene rings is 1. The van der Waals surface area contributed by atoms with Gasteiger partial charge in [0.05, 0.1) is 5.92 Å². The Morgan fingerprint density at radius 2 is 1.32 bits per heavy atom. The van der Waals surface area contributed by atoms with Crippen molar-refractivity contribution in [3.63, 3.8) is 0 Å². The first-order chi connectivity index (χ1) is 12.9. The van der Waals surface area contributed by atoms with E-state index < -0.39 is 17.3 Å². The van der Waals surface area contributed by atoms with Crippen LogP contribution in [-0.2, 0) is 14.4 Å². The normalized spacial score (nSPS) is 23.8. The smallest absolute Gasteiger partial charge is 0.163 e. The van der Waals surface area contributed by atoms with Gasteiger partial charge < -0.3 is 10.2 Å². The summed E-state index contributed by atoms with van der Waals surface area (Å²) in [5, 5.41) is 20.4. The molecule has 0 radical (unpaired) electrons. The lowest BCUT2D eigenvalue weighted by molar-refractivity contribution is -0.140. The number of ketones is 3. The number of Topliss-reactive ketones (excluding diaryl/α,β-unsaturated/α-hetero) is 3. The number of phenols is 1. The number of carbonyl (C=O) groups is 3. The third-order valence-corrected chi connectivity index (χ3v) is 5.79. The van der Waals surface area contributed by atoms with Crippen molar-refractivity contribution in [1.29, 1.82) is 0 Å². The van der Waals surface area contributed by atoms with Gasteiger partial charge in [-0.1, -0.05) is 39.8 Å². The lowest BCUT2D eigenvalue weighted by Gasteiger charge is -2.39. The van der Waals surface area contributed by atoms with E-state index in [-0.39, 0.29) is 59.1 Å². The SMILES string of the molecule is CC1(C)CC(=O)C([C@@H](C2=C(O)CC(C)(C)CC2=O)c2ccc(O)cc2)C(=O)C1. The number of hydrogen-bond donors (Lipinski definition) is 2. The van der Waals surface area contributed by atoms with E-state index >= 15 is 0 Å². The van der Waals surface area contributed by atoms with Gasteiger partial charge in [-0.2, -0.15) is 0 Å². The zero-order valence-corrected chi connectivity index (χ0v) is 16.9. The van der Waals surface area contributed by atoms with Crippen LogP contribution >= 0.6 is 0 Å². The average Bonchev–Trinajstić information content (AvgIpc) is 2.50. The first-order valence-corrected chi connectivity index (χ1v) is 9.70. The highest BCUT2D eigenvalue weighted by molar-refractivity contribution is 6.09. The molecular weight excluding hydrogens is 356 g/mol. The highest BCUT2D eigenvalue weighted by Crippen LogP contribution is 2.47. The Labute approximate surface area is 165 Å². The van der Waals surface area contributed by atoms with E-state index in [0.717, 1.165) is 0 Å². The minimum atomic E-state index is -0.986. The van der Waals surface area contributed by atoms with Crippen LogP contribution < -0.4 is 0 Å². The summed E-state index contributed by atoms with van der Waals surface area (Å²) in [6, 6.07) is 6.18. The van der Waals surface area contributed by atoms with Crippen LogP contribution in [0.4, 0.5) is 0 Å². The van der Waals surface area contributed by atoms with Crippen LogP contribution in [0.3, 0.4) is 0 Å². The molecule has 0 amide bonds. The van der Waals surface area contributed by atoms with E-state index in [9.17, 15) is 24.6 Å². The van der Waals surface area contributed by atoms with Gasteiger partial charge in [0.1, 0.15) is 23.1 Å². The van der Waals surface area contributed by atoms with Gasteiger partial charge in [0.15, 0.2) is 5.78 Å². The second-order valence-corrected chi connectivity index (χ2v) is 9.80. The molecule has 0 unspecified atom stereocenters. The minimum absolute atomic E-state index is 0.0373. The molecule has 5 heteroatoms. The molecule has 3 rings (SSSR count). The number of allylic oxidation sites excluding steroid dienone is 2. The minimum Gasteiger partial charge on any atom is -0.512 e. The Morgan fingerprint density at radius 3 is 1.82 bits per heavy atom. The molecular formula is C23H28O5. The van der Waals surface area contributed by atoms with E-state index in [1.54, 1.807) is 12.1 Å². The molecule has 5 nitrogen and oxygen atoms in total. The number of aromatic hydroxyl groups is 1. The molecule has 0 saturated heterocycles. The first-order valence-electron chi connectivity index (χ1n) is 9.70. The van der Waals surface area contributed by atoms with Crippen molar-refractivity contribution in [1.82, 2.24) is 0 Å². The number of hydrogen-bond acceptors (Lipinski definition) is 5. The maximum atomic E-state index is 13.0. The topological polar surface area (TPSA) is 91.7 Å². The summed E-state index contributed by atoms with van der Waals surface area (Å²) in [5.41, 5.74) is -0.0124. The molecule has 28 heavy (non-hydrogen) atoms. The summed E-state index contributed by atoms with van der Waals surface area (Å²) in [7, 11) is 0. The largest absolute Gasteiger partial charge is 0.512 e. The molecule has 0 aromatic heterocycles. The zero-order chi connectivity index (χ0) is 20.9. The van der Waals surface area contributed by atoms with Gasteiger partial charge in [-0.15, -0.1) is 0 Å². The predicted octanol–water partition coefficient (Wildman–Crippen LogP) is 4.25. The van der Waals surface area contributed by atoms with Crippen molar-refractivity contribution < 1.29 is 24.6 Å². The van der Waals surface area contributed by atoms with Crippen molar-refractivity contribution in [2.24, 2.45) is 16.7 Å². The van der Waals surface area contributed by atoms with Gasteiger partial charge in [-0.05, 0) is 28.5 Å². The summed E-state index contributed by atoms with van der Waals surface area (Å²) < 4.78 is 0. The Morgan fingerprint density at radius 1 is 0.821 bits per heavy atom. The molecule has 1 atom stereocenters. The molecule has 0 spiro atoms. The summed E-state index contributed by atoms with van der Waals surface area (Å²) in [6.45, 7) is 7.60. The highest BCUT2D eigenvalue weighted by Gasteiger charge is 2.48. The van der Waals surface area contributed by atoms with Crippen LogP contribution in [0, 0.1) is 16.7 Å². The lowest BCUT2D eigenvalue weighted by Crippen LogP contribution is -2.43. The van der Waals surface area contributed by atoms with Crippen molar-refractivity contribution in [2.75, 3.05) is 0 Å². The van der Waals surface area contributed by atoms with Gasteiger partial charge >= 0.3 is 0 Å². The van der Waals surface area contributed by atoms with Crippen LogP contribution in [0.5, 0.6) is 5.75 Å². The van der Waals surface area contributed by atoms with Crippen LogP contribution in [-0.4, -0.2) is 27.6 Å². The molecule has 2 N–H and O–H groups in total. The summed E-state index contributed by atoms with van der Waals surface area (Å²) >= 11 is 0. The van der Waals surface area contributed by atoms with Crippen molar-refractivity contribution in [2.45, 2.75) is 59.3 Å². The van der Waals surface area contributed by atoms with Gasteiger partial charge in [0.2, 0.25) is 0 Å². The molecule has 1 aromatic rings. The molecule has 1 aromatic carbocycles. The summed E-state index contributed by atoms with van der Waals surface area (Å²) in [5.74, 6) is -2.41. The van der Waals surface area contributed by atoms with Crippen molar-refractivity contribution in [3.05, 3.63) is 41.2 Å². The number of carbonyl (C=O) groups excluding carboxylic acids is 3. The first kappa shape index (κ1) is 20.3. The molecule has 150 valence electrons. The molecule has 0 aliphatic heterocycles. The van der Waals surface area contributed by atoms with Gasteiger partial charge in [0, 0.05) is 37.2 Å². The fourth-order valence-corrected chi connectivity index (χ4v) is 4.64. The number of rotatable bonds is 3. The molecule has 2 aliphatic carbocycles. The summed E-state index contributed by atoms with van der Waals surface area (Å²) in [6.07, 6.45) is 1.09. The Hall–Kier alpha value is -2.43. The standard InChI is InChI=1S/C23H28O5/c1-22(2)9-15(25)20(16(26)10-22)19(13-5-7-14(24)8-6-13)21-17(27)11-23(3,4)12-18(21)28/h5-8,19-20,24,27H,9-12H2,1-4H3/t19-/m0/s1. The Bertz CT molecular complexity index is 837. The second-order valence-electron chi connectivity index (χ2n) is 9.80. The molecule has 1 fully saturated rings. The predicted molar refractivity (Wildman–Crippen MR) is 105 cm³/mol. The molecule has 0 bridgehead atoms. The second kappa shape index (κ2) is 6.87. The van der Waals surface area contributed by atoms with E-state index in [1.807, 2.05) is 27.7 Å². The fraction of sp³-hybridized carbons (Fsp3) is 0.522. The van der Waals surface area contributed by atoms with Crippen molar-refractivity contribution in [3.8, 4) is 5.75 Å². The maximum absolute atomic E-state index is 13.0. The number of aliphatic hydroxyl groups is 1. The fourth-order valence-electron chi connectivity index (χ4n) is 4.64. The van der Waals surface area contributed by atoms with E-state index in [2.05, 4.69) is 0 Å². The van der Waals surface area contributed by atoms with Gasteiger partial charge in [-0.3, -0.25) is 14.4 Å². The van der Waals surface area contributed by atoms with Crippen LogP contribution in [0.15, 0.2) is 35.6 Å². The summed E-state index contributed by atoms with van der Waals surface area (Å²) in [4.78, 5) is 39.0. The monoisotopic (exact) mass is 384 g/mol. The van der Waals surface area contributed by atoms with E-state index in [1.165, 1.54) is 12.1 Å². The zero-order valence-electron chi connectivity index (χ0n) is 16.9.